The zero-order chi connectivity index (χ0) is 44.1. The van der Waals surface area contributed by atoms with E-state index < -0.39 is 6.23 Å². The maximum absolute atomic E-state index is 13.7. The van der Waals surface area contributed by atoms with Crippen LogP contribution in [0.3, 0.4) is 0 Å². The van der Waals surface area contributed by atoms with E-state index in [4.69, 9.17) is 32.9 Å². The molecule has 3 unspecified atom stereocenters. The van der Waals surface area contributed by atoms with E-state index in [0.29, 0.717) is 44.8 Å². The van der Waals surface area contributed by atoms with Gasteiger partial charge in [0.05, 0.1) is 48.3 Å². The van der Waals surface area contributed by atoms with Crippen LogP contribution in [0.5, 0.6) is 5.75 Å². The highest BCUT2D eigenvalue weighted by Crippen LogP contribution is 2.36. The van der Waals surface area contributed by atoms with E-state index in [2.05, 4.69) is 42.3 Å². The Morgan fingerprint density at radius 3 is 2.25 bits per heavy atom. The summed E-state index contributed by atoms with van der Waals surface area (Å²) >= 11 is 12.2. The SMILES string of the molecule is COc1cc(NC(O)c2nnn3c2CCC3c2ccc(Cl)cc2)ccc1-[n+]1cc(C)n([N+]#Cc2cc(NC(=O)c3nnn4c3CCC4c3ccc(Cl)cc3)ccc2-n2cnc(C)c2)c1. The molecule has 0 aliphatic carbocycles. The molecule has 64 heavy (non-hydrogen) atoms. The summed E-state index contributed by atoms with van der Waals surface area (Å²) in [4.78, 5) is 22.8. The average Bonchev–Trinajstić information content (AvgIpc) is 4.16. The van der Waals surface area contributed by atoms with Gasteiger partial charge in [-0.2, -0.15) is 4.57 Å². The molecule has 2 aliphatic rings. The smallest absolute Gasteiger partial charge is 0.385 e. The lowest BCUT2D eigenvalue weighted by Crippen LogP contribution is -2.28. The van der Waals surface area contributed by atoms with Gasteiger partial charge in [0.25, 0.3) is 5.91 Å². The molecule has 1 amide bonds. The summed E-state index contributed by atoms with van der Waals surface area (Å²) in [5.41, 5.74) is 9.54. The van der Waals surface area contributed by atoms with E-state index in [-0.39, 0.29) is 23.7 Å². The summed E-state index contributed by atoms with van der Waals surface area (Å²) in [6.07, 6.45) is 9.33. The predicted octanol–water partition coefficient (Wildman–Crippen LogP) is 7.64. The van der Waals surface area contributed by atoms with Gasteiger partial charge in [-0.15, -0.1) is 10.2 Å². The highest BCUT2D eigenvalue weighted by Gasteiger charge is 2.33. The van der Waals surface area contributed by atoms with E-state index >= 15 is 0 Å². The van der Waals surface area contributed by atoms with Crippen molar-refractivity contribution < 1.29 is 19.2 Å². The molecule has 18 heteroatoms. The molecule has 0 saturated carbocycles. The van der Waals surface area contributed by atoms with Crippen molar-refractivity contribution in [2.24, 2.45) is 0 Å². The Kier molecular flexibility index (Phi) is 10.7. The van der Waals surface area contributed by atoms with E-state index in [9.17, 15) is 9.90 Å². The molecule has 0 bridgehead atoms. The minimum absolute atomic E-state index is 0.0211. The van der Waals surface area contributed by atoms with Gasteiger partial charge in [-0.3, -0.25) is 4.79 Å². The highest BCUT2D eigenvalue weighted by molar-refractivity contribution is 6.30. The number of benzene rings is 4. The van der Waals surface area contributed by atoms with Gasteiger partial charge < -0.3 is 25.0 Å². The molecule has 0 saturated heterocycles. The first-order chi connectivity index (χ1) is 31.1. The average molecular weight is 895 g/mol. The number of carbonyl (C=O) groups excluding carboxylic acids is 1. The lowest BCUT2D eigenvalue weighted by Gasteiger charge is -2.14. The van der Waals surface area contributed by atoms with Crippen molar-refractivity contribution >= 4 is 40.5 Å². The third-order valence-electron chi connectivity index (χ3n) is 11.7. The molecule has 0 radical (unpaired) electrons. The minimum Gasteiger partial charge on any atom is -0.492 e. The largest absolute Gasteiger partial charge is 0.492 e. The molecule has 16 nitrogen and oxygen atoms in total. The molecule has 0 spiro atoms. The Labute approximate surface area is 377 Å². The number of aromatic nitrogens is 10. The van der Waals surface area contributed by atoms with Crippen LogP contribution in [0, 0.1) is 19.9 Å². The number of aliphatic hydroxyl groups excluding tert-OH is 1. The number of nitrogens with zero attached hydrogens (tertiary/aromatic N) is 11. The summed E-state index contributed by atoms with van der Waals surface area (Å²) in [5, 5.41) is 36.2. The first kappa shape index (κ1) is 40.7. The van der Waals surface area contributed by atoms with Crippen LogP contribution in [0.15, 0.2) is 110 Å². The van der Waals surface area contributed by atoms with Gasteiger partial charge in [0, 0.05) is 40.6 Å². The minimum atomic E-state index is -1.09. The Morgan fingerprint density at radius 2 is 1.56 bits per heavy atom. The Bertz CT molecular complexity index is 3120. The number of halogens is 2. The van der Waals surface area contributed by atoms with Crippen LogP contribution in [0.4, 0.5) is 11.4 Å². The van der Waals surface area contributed by atoms with Gasteiger partial charge >= 0.3 is 12.4 Å². The van der Waals surface area contributed by atoms with E-state index in [1.807, 2.05) is 136 Å². The molecule has 8 aromatic rings. The summed E-state index contributed by atoms with van der Waals surface area (Å²) in [6.45, 7) is 3.85. The summed E-state index contributed by atoms with van der Waals surface area (Å²) in [6, 6.07) is 29.7. The first-order valence-electron chi connectivity index (χ1n) is 20.7. The summed E-state index contributed by atoms with van der Waals surface area (Å²) in [5.74, 6) is 0.202. The standard InChI is InChI=1S/C46H40Cl2N13O3/c1-27-23-57(25-49-27)36-14-12-34(51-45(62)43-40-18-16-37(60(40)55-53-43)29-4-8-32(47)9-5-29)20-31(36)22-50-59-26-58(24-28(59)2)39-15-13-35(21-42(39)64-3)52-46(63)44-41-19-17-38(61(41)56-54-44)30-6-10-33(48)11-7-30/h4-15,20-21,23-26,37-38,46,52,63H,16-19H2,1-3H3/q+1/p+1. The number of hydrogen-bond donors (Lipinski definition) is 3. The van der Waals surface area contributed by atoms with Crippen LogP contribution in [-0.2, 0) is 12.8 Å². The molecule has 6 heterocycles. The second kappa shape index (κ2) is 16.8. The maximum Gasteiger partial charge on any atom is 0.385 e. The molecule has 0 fully saturated rings. The summed E-state index contributed by atoms with van der Waals surface area (Å²) in [7, 11) is 1.60. The van der Waals surface area contributed by atoms with E-state index in [1.165, 1.54) is 0 Å². The number of anilines is 2. The van der Waals surface area contributed by atoms with Crippen molar-refractivity contribution in [1.29, 1.82) is 0 Å². The van der Waals surface area contributed by atoms with Crippen molar-refractivity contribution in [2.75, 3.05) is 17.7 Å². The van der Waals surface area contributed by atoms with Crippen LogP contribution in [0.1, 0.15) is 86.8 Å². The Hall–Kier alpha value is -7.32. The molecular weight excluding hydrogens is 853 g/mol. The zero-order valence-corrected chi connectivity index (χ0v) is 36.4. The molecule has 2 aliphatic heterocycles. The second-order valence-corrected chi connectivity index (χ2v) is 16.7. The lowest BCUT2D eigenvalue weighted by molar-refractivity contribution is -0.595. The van der Waals surface area contributed by atoms with Crippen molar-refractivity contribution in [3.05, 3.63) is 176 Å². The number of ether oxygens (including phenoxy) is 1. The first-order valence-corrected chi connectivity index (χ1v) is 21.4. The number of nitrogens with one attached hydrogen (secondary N) is 2. The van der Waals surface area contributed by atoms with Crippen LogP contribution in [0.2, 0.25) is 10.0 Å². The number of aliphatic hydroxyl groups is 1. The normalized spacial score (nSPS) is 15.6. The maximum atomic E-state index is 13.7. The number of carbonyl (C=O) groups is 1. The third-order valence-corrected chi connectivity index (χ3v) is 12.2. The fraction of sp³-hybridized carbons (Fsp3) is 0.217. The van der Waals surface area contributed by atoms with Crippen LogP contribution >= 0.6 is 23.2 Å². The van der Waals surface area contributed by atoms with Gasteiger partial charge in [0.2, 0.25) is 5.69 Å². The fourth-order valence-electron chi connectivity index (χ4n) is 8.51. The summed E-state index contributed by atoms with van der Waals surface area (Å²) < 4.78 is 15.0. The molecule has 3 N–H and O–H groups in total. The third kappa shape index (κ3) is 7.74. The molecule has 320 valence electrons. The van der Waals surface area contributed by atoms with Gasteiger partial charge in [0.1, 0.15) is 22.1 Å². The second-order valence-electron chi connectivity index (χ2n) is 15.8. The van der Waals surface area contributed by atoms with Gasteiger partial charge in [0.15, 0.2) is 28.3 Å². The molecule has 4 aromatic heterocycles. The number of imidazole rings is 2. The van der Waals surface area contributed by atoms with Gasteiger partial charge in [-0.1, -0.05) is 57.9 Å². The molecule has 4 aromatic carbocycles. The Balaban J connectivity index is 0.876. The van der Waals surface area contributed by atoms with E-state index in [1.54, 1.807) is 18.1 Å². The number of methoxy groups -OCH3 is 1. The highest BCUT2D eigenvalue weighted by atomic mass is 35.5. The molecular formula is C46H41Cl2N13O3+2. The number of hydrogen-bond acceptors (Lipinski definition) is 9. The molecule has 3 atom stereocenters. The predicted molar refractivity (Wildman–Crippen MR) is 240 cm³/mol. The van der Waals surface area contributed by atoms with Crippen LogP contribution in [0.25, 0.3) is 16.3 Å². The quantitative estimate of drug-likeness (QED) is 0.0926. The fourth-order valence-corrected chi connectivity index (χ4v) is 8.76. The lowest BCUT2D eigenvalue weighted by atomic mass is 10.1. The van der Waals surface area contributed by atoms with Crippen molar-refractivity contribution in [3.63, 3.8) is 0 Å². The number of fused-ring (bicyclic) bond motifs is 2. The zero-order valence-electron chi connectivity index (χ0n) is 34.9. The number of rotatable bonds is 10. The topological polar surface area (TPSA) is 163 Å². The van der Waals surface area contributed by atoms with Crippen molar-refractivity contribution in [1.82, 2.24) is 44.2 Å². The number of amides is 1. The van der Waals surface area contributed by atoms with Crippen LogP contribution < -0.4 is 19.9 Å². The van der Waals surface area contributed by atoms with Crippen molar-refractivity contribution in [3.8, 4) is 23.2 Å². The van der Waals surface area contributed by atoms with Gasteiger partial charge in [-0.05, 0) is 98.3 Å². The Morgan fingerprint density at radius 1 is 0.891 bits per heavy atom. The monoisotopic (exact) mass is 893 g/mol. The number of aryl methyl sites for hydroxylation is 2. The van der Waals surface area contributed by atoms with Crippen LogP contribution in [-0.4, -0.2) is 62.3 Å². The molecule has 10 rings (SSSR count). The van der Waals surface area contributed by atoms with E-state index in [0.717, 1.165) is 64.5 Å². The van der Waals surface area contributed by atoms with Crippen molar-refractivity contribution in [2.45, 2.75) is 57.8 Å². The van der Waals surface area contributed by atoms with Gasteiger partial charge in [-0.25, -0.2) is 14.3 Å².